The summed E-state index contributed by atoms with van der Waals surface area (Å²) >= 11 is 6.16. The standard InChI is InChI=1S/C19H20ClN3O2/c1-13(17-8-4-5-9-21-17)22-19(25)15-10-18(24)23(12-15)11-14-6-2-3-7-16(14)20/h2-9,13,15H,10-12H2,1H3,(H,22,25)/t13-,15-/m1/s1. The van der Waals surface area contributed by atoms with Crippen molar-refractivity contribution in [3.63, 3.8) is 0 Å². The Hall–Kier alpha value is -2.40. The molecular weight excluding hydrogens is 338 g/mol. The number of nitrogens with zero attached hydrogens (tertiary/aromatic N) is 2. The first-order valence-corrected chi connectivity index (χ1v) is 8.65. The topological polar surface area (TPSA) is 62.3 Å². The molecule has 0 radical (unpaired) electrons. The summed E-state index contributed by atoms with van der Waals surface area (Å²) in [4.78, 5) is 30.7. The van der Waals surface area contributed by atoms with Crippen molar-refractivity contribution in [1.29, 1.82) is 0 Å². The van der Waals surface area contributed by atoms with E-state index in [1.165, 1.54) is 0 Å². The van der Waals surface area contributed by atoms with Crippen molar-refractivity contribution in [2.24, 2.45) is 5.92 Å². The summed E-state index contributed by atoms with van der Waals surface area (Å²) in [5.74, 6) is -0.486. The summed E-state index contributed by atoms with van der Waals surface area (Å²) in [5, 5.41) is 3.58. The number of nitrogens with one attached hydrogen (secondary N) is 1. The van der Waals surface area contributed by atoms with Crippen LogP contribution < -0.4 is 5.32 Å². The van der Waals surface area contributed by atoms with Crippen molar-refractivity contribution >= 4 is 23.4 Å². The molecule has 3 rings (SSSR count). The van der Waals surface area contributed by atoms with Crippen LogP contribution in [0.5, 0.6) is 0 Å². The van der Waals surface area contributed by atoms with Gasteiger partial charge in [0.15, 0.2) is 0 Å². The number of aromatic nitrogens is 1. The van der Waals surface area contributed by atoms with Gasteiger partial charge in [-0.25, -0.2) is 0 Å². The lowest BCUT2D eigenvalue weighted by Gasteiger charge is -2.19. The SMILES string of the molecule is C[C@@H](NC(=O)[C@@H]1CC(=O)N(Cc2ccccc2Cl)C1)c1ccccn1. The minimum absolute atomic E-state index is 0.0226. The molecule has 1 N–H and O–H groups in total. The van der Waals surface area contributed by atoms with E-state index in [9.17, 15) is 9.59 Å². The molecule has 25 heavy (non-hydrogen) atoms. The highest BCUT2D eigenvalue weighted by Crippen LogP contribution is 2.24. The molecule has 2 aromatic rings. The zero-order valence-corrected chi connectivity index (χ0v) is 14.7. The smallest absolute Gasteiger partial charge is 0.225 e. The van der Waals surface area contributed by atoms with Gasteiger partial charge in [-0.15, -0.1) is 0 Å². The average Bonchev–Trinajstić information content (AvgIpc) is 2.98. The van der Waals surface area contributed by atoms with Gasteiger partial charge in [0.2, 0.25) is 11.8 Å². The van der Waals surface area contributed by atoms with Crippen molar-refractivity contribution in [3.8, 4) is 0 Å². The Labute approximate surface area is 152 Å². The van der Waals surface area contributed by atoms with Gasteiger partial charge in [-0.05, 0) is 30.7 Å². The third-order valence-electron chi connectivity index (χ3n) is 4.39. The predicted octanol–water partition coefficient (Wildman–Crippen LogP) is 2.96. The van der Waals surface area contributed by atoms with Gasteiger partial charge in [0.05, 0.1) is 17.7 Å². The quantitative estimate of drug-likeness (QED) is 0.894. The first kappa shape index (κ1) is 17.4. The van der Waals surface area contributed by atoms with Gasteiger partial charge in [0, 0.05) is 30.7 Å². The summed E-state index contributed by atoms with van der Waals surface area (Å²) in [6, 6.07) is 12.8. The maximum absolute atomic E-state index is 12.5. The van der Waals surface area contributed by atoms with Crippen LogP contribution in [0.1, 0.15) is 30.6 Å². The molecule has 0 saturated carbocycles. The molecule has 0 unspecified atom stereocenters. The number of amides is 2. The van der Waals surface area contributed by atoms with Crippen molar-refractivity contribution in [3.05, 3.63) is 64.9 Å². The van der Waals surface area contributed by atoms with Crippen LogP contribution in [-0.4, -0.2) is 28.2 Å². The number of hydrogen-bond donors (Lipinski definition) is 1. The molecule has 2 atom stereocenters. The van der Waals surface area contributed by atoms with Crippen LogP contribution in [0.2, 0.25) is 5.02 Å². The second-order valence-corrected chi connectivity index (χ2v) is 6.66. The van der Waals surface area contributed by atoms with Crippen molar-refractivity contribution < 1.29 is 9.59 Å². The fourth-order valence-corrected chi connectivity index (χ4v) is 3.17. The number of benzene rings is 1. The largest absolute Gasteiger partial charge is 0.348 e. The molecule has 6 heteroatoms. The zero-order chi connectivity index (χ0) is 17.8. The summed E-state index contributed by atoms with van der Waals surface area (Å²) in [7, 11) is 0. The van der Waals surface area contributed by atoms with Crippen LogP contribution in [0.25, 0.3) is 0 Å². The normalized spacial score (nSPS) is 18.2. The summed E-state index contributed by atoms with van der Waals surface area (Å²) in [5.41, 5.74) is 1.69. The van der Waals surface area contributed by atoms with Crippen LogP contribution in [0.3, 0.4) is 0 Å². The maximum atomic E-state index is 12.5. The Morgan fingerprint density at radius 1 is 1.32 bits per heavy atom. The van der Waals surface area contributed by atoms with E-state index in [1.807, 2.05) is 43.3 Å². The third-order valence-corrected chi connectivity index (χ3v) is 4.76. The molecule has 1 fully saturated rings. The summed E-state index contributed by atoms with van der Waals surface area (Å²) in [6.45, 7) is 2.72. The number of hydrogen-bond acceptors (Lipinski definition) is 3. The molecule has 0 aliphatic carbocycles. The Balaban J connectivity index is 1.60. The van der Waals surface area contributed by atoms with Crippen molar-refractivity contribution in [2.75, 3.05) is 6.54 Å². The minimum atomic E-state index is -0.346. The molecule has 0 spiro atoms. The molecule has 1 aliphatic heterocycles. The summed E-state index contributed by atoms with van der Waals surface area (Å²) < 4.78 is 0. The van der Waals surface area contributed by atoms with Crippen LogP contribution in [0, 0.1) is 5.92 Å². The highest BCUT2D eigenvalue weighted by atomic mass is 35.5. The van der Waals surface area contributed by atoms with E-state index in [4.69, 9.17) is 11.6 Å². The summed E-state index contributed by atoms with van der Waals surface area (Å²) in [6.07, 6.45) is 1.92. The Kier molecular flexibility index (Phi) is 5.34. The molecule has 5 nitrogen and oxygen atoms in total. The maximum Gasteiger partial charge on any atom is 0.225 e. The number of carbonyl (C=O) groups is 2. The van der Waals surface area contributed by atoms with Gasteiger partial charge in [0.1, 0.15) is 0 Å². The molecule has 2 amide bonds. The second kappa shape index (κ2) is 7.66. The Bertz CT molecular complexity index is 766. The Morgan fingerprint density at radius 2 is 2.08 bits per heavy atom. The molecule has 1 aromatic carbocycles. The fourth-order valence-electron chi connectivity index (χ4n) is 2.97. The minimum Gasteiger partial charge on any atom is -0.348 e. The van der Waals surface area contributed by atoms with E-state index in [-0.39, 0.29) is 30.2 Å². The molecule has 130 valence electrons. The fraction of sp³-hybridized carbons (Fsp3) is 0.316. The van der Waals surface area contributed by atoms with Crippen molar-refractivity contribution in [1.82, 2.24) is 15.2 Å². The van der Waals surface area contributed by atoms with Gasteiger partial charge in [-0.3, -0.25) is 14.6 Å². The molecular formula is C19H20ClN3O2. The van der Waals surface area contributed by atoms with Crippen LogP contribution in [0.15, 0.2) is 48.7 Å². The number of rotatable bonds is 5. The number of carbonyl (C=O) groups excluding carboxylic acids is 2. The number of halogens is 1. The van der Waals surface area contributed by atoms with Gasteiger partial charge in [-0.2, -0.15) is 0 Å². The first-order chi connectivity index (χ1) is 12.0. The van der Waals surface area contributed by atoms with Gasteiger partial charge >= 0.3 is 0 Å². The van der Waals surface area contributed by atoms with Crippen LogP contribution in [0.4, 0.5) is 0 Å². The van der Waals surface area contributed by atoms with E-state index < -0.39 is 0 Å². The second-order valence-electron chi connectivity index (χ2n) is 6.25. The molecule has 1 saturated heterocycles. The molecule has 0 bridgehead atoms. The van der Waals surface area contributed by atoms with E-state index in [0.717, 1.165) is 11.3 Å². The zero-order valence-electron chi connectivity index (χ0n) is 14.0. The molecule has 2 heterocycles. The highest BCUT2D eigenvalue weighted by Gasteiger charge is 2.35. The highest BCUT2D eigenvalue weighted by molar-refractivity contribution is 6.31. The lowest BCUT2D eigenvalue weighted by molar-refractivity contribution is -0.129. The van der Waals surface area contributed by atoms with Gasteiger partial charge in [-0.1, -0.05) is 35.9 Å². The molecule has 1 aromatic heterocycles. The molecule has 1 aliphatic rings. The number of likely N-dealkylation sites (tertiary alicyclic amines) is 1. The van der Waals surface area contributed by atoms with E-state index in [0.29, 0.717) is 18.1 Å². The van der Waals surface area contributed by atoms with Crippen LogP contribution in [-0.2, 0) is 16.1 Å². The Morgan fingerprint density at radius 3 is 2.80 bits per heavy atom. The van der Waals surface area contributed by atoms with Gasteiger partial charge < -0.3 is 10.2 Å². The third kappa shape index (κ3) is 4.17. The lowest BCUT2D eigenvalue weighted by Crippen LogP contribution is -2.34. The van der Waals surface area contributed by atoms with E-state index >= 15 is 0 Å². The first-order valence-electron chi connectivity index (χ1n) is 8.27. The van der Waals surface area contributed by atoms with Crippen LogP contribution >= 0.6 is 11.6 Å². The number of pyridine rings is 1. The van der Waals surface area contributed by atoms with Crippen molar-refractivity contribution in [2.45, 2.75) is 25.9 Å². The average molecular weight is 358 g/mol. The van der Waals surface area contributed by atoms with Gasteiger partial charge in [0.25, 0.3) is 0 Å². The van der Waals surface area contributed by atoms with E-state index in [1.54, 1.807) is 17.2 Å². The lowest BCUT2D eigenvalue weighted by atomic mass is 10.1. The van der Waals surface area contributed by atoms with E-state index in [2.05, 4.69) is 10.3 Å². The monoisotopic (exact) mass is 357 g/mol. The predicted molar refractivity (Wildman–Crippen MR) is 95.8 cm³/mol.